The van der Waals surface area contributed by atoms with E-state index in [1.54, 1.807) is 36.4 Å². The first-order valence-corrected chi connectivity index (χ1v) is 17.1. The molecule has 0 unspecified atom stereocenters. The van der Waals surface area contributed by atoms with E-state index in [0.717, 1.165) is 49.9 Å². The quantitative estimate of drug-likeness (QED) is 0.280. The van der Waals surface area contributed by atoms with Crippen LogP contribution in [-0.2, 0) is 14.4 Å². The van der Waals surface area contributed by atoms with Crippen LogP contribution in [0.3, 0.4) is 0 Å². The molecule has 1 aliphatic heterocycles. The molecule has 3 amide bonds. The fraction of sp³-hybridized carbons (Fsp3) is 0.529. The molecule has 2 aromatic heterocycles. The van der Waals surface area contributed by atoms with Gasteiger partial charge in [0, 0.05) is 62.4 Å². The third-order valence-corrected chi connectivity index (χ3v) is 10.4. The molecule has 1 saturated carbocycles. The zero-order chi connectivity index (χ0) is 32.8. The van der Waals surface area contributed by atoms with Gasteiger partial charge in [-0.05, 0) is 43.5 Å². The van der Waals surface area contributed by atoms with Gasteiger partial charge in [-0.3, -0.25) is 19.2 Å². The number of benzene rings is 1. The molecule has 12 heteroatoms. The van der Waals surface area contributed by atoms with Crippen LogP contribution < -0.4 is 10.6 Å². The summed E-state index contributed by atoms with van der Waals surface area (Å²) in [6.45, 7) is 6.11. The van der Waals surface area contributed by atoms with Crippen molar-refractivity contribution in [3.63, 3.8) is 0 Å². The van der Waals surface area contributed by atoms with Crippen molar-refractivity contribution >= 4 is 50.7 Å². The SMILES string of the molecule is CCC(=O)N[C@@H](C(=O)N1CCN(C)CC1)[C@@H](C)c1ccc(NC(=O)[C@@H](CC(=O)c2csc3cncnc23)C2CCCCC2)c(F)c1. The molecule has 5 rings (SSSR count). The van der Waals surface area contributed by atoms with Crippen molar-refractivity contribution in [2.24, 2.45) is 11.8 Å². The minimum absolute atomic E-state index is 0.0102. The van der Waals surface area contributed by atoms with E-state index >= 15 is 4.39 Å². The number of hydrogen-bond acceptors (Lipinski definition) is 8. The standard InChI is InChI=1S/C34H43FN6O4S/c1-4-30(43)39-31(34(45)41-14-12-40(3)13-15-41)21(2)23-10-11-27(26(35)16-23)38-33(44)24(22-8-6-5-7-9-22)17-28(42)25-19-46-29-18-36-20-37-32(25)29/h10-11,16,18-22,24,31H,4-9,12-15,17H2,1-3H3,(H,38,44)(H,39,43)/t21-,24-,31+/m0/s1. The summed E-state index contributed by atoms with van der Waals surface area (Å²) >= 11 is 1.39. The lowest BCUT2D eigenvalue weighted by atomic mass is 9.77. The van der Waals surface area contributed by atoms with Crippen molar-refractivity contribution < 1.29 is 23.6 Å². The number of nitrogens with one attached hydrogen (secondary N) is 2. The lowest BCUT2D eigenvalue weighted by Crippen LogP contribution is -2.55. The summed E-state index contributed by atoms with van der Waals surface area (Å²) in [5.41, 5.74) is 1.62. The van der Waals surface area contributed by atoms with E-state index in [-0.39, 0.29) is 48.0 Å². The van der Waals surface area contributed by atoms with E-state index in [9.17, 15) is 19.2 Å². The van der Waals surface area contributed by atoms with E-state index in [0.29, 0.717) is 29.7 Å². The van der Waals surface area contributed by atoms with Gasteiger partial charge in [-0.25, -0.2) is 14.4 Å². The Bertz CT molecular complexity index is 1570. The monoisotopic (exact) mass is 650 g/mol. The Labute approximate surface area is 273 Å². The molecule has 2 aliphatic rings. The van der Waals surface area contributed by atoms with Crippen molar-refractivity contribution in [2.75, 3.05) is 38.5 Å². The Kier molecular flexibility index (Phi) is 11.1. The predicted octanol–water partition coefficient (Wildman–Crippen LogP) is 5.01. The lowest BCUT2D eigenvalue weighted by Gasteiger charge is -2.36. The van der Waals surface area contributed by atoms with Crippen LogP contribution in [-0.4, -0.2) is 82.5 Å². The van der Waals surface area contributed by atoms with E-state index in [1.807, 2.05) is 7.05 Å². The van der Waals surface area contributed by atoms with Gasteiger partial charge in [-0.2, -0.15) is 0 Å². The average Bonchev–Trinajstić information content (AvgIpc) is 3.51. The maximum absolute atomic E-state index is 15.6. The Morgan fingerprint density at radius 2 is 1.83 bits per heavy atom. The first kappa shape index (κ1) is 33.6. The largest absolute Gasteiger partial charge is 0.344 e. The van der Waals surface area contributed by atoms with Crippen LogP contribution in [0.25, 0.3) is 10.2 Å². The fourth-order valence-electron chi connectivity index (χ4n) is 6.53. The molecule has 1 saturated heterocycles. The highest BCUT2D eigenvalue weighted by Crippen LogP contribution is 2.35. The second-order valence-corrected chi connectivity index (χ2v) is 13.5. The normalized spacial score (nSPS) is 18.1. The third-order valence-electron chi connectivity index (χ3n) is 9.49. The van der Waals surface area contributed by atoms with E-state index < -0.39 is 23.7 Å². The summed E-state index contributed by atoms with van der Waals surface area (Å²) in [5, 5.41) is 7.39. The number of halogens is 1. The van der Waals surface area contributed by atoms with Crippen LogP contribution in [0.2, 0.25) is 0 Å². The number of nitrogens with zero attached hydrogens (tertiary/aromatic N) is 4. The summed E-state index contributed by atoms with van der Waals surface area (Å²) in [5.74, 6) is -2.74. The molecule has 0 spiro atoms. The topological polar surface area (TPSA) is 125 Å². The average molecular weight is 651 g/mol. The number of anilines is 1. The summed E-state index contributed by atoms with van der Waals surface area (Å²) < 4.78 is 16.5. The molecule has 1 aromatic carbocycles. The highest BCUT2D eigenvalue weighted by atomic mass is 32.1. The fourth-order valence-corrected chi connectivity index (χ4v) is 7.42. The van der Waals surface area contributed by atoms with Crippen LogP contribution in [0, 0.1) is 17.7 Å². The van der Waals surface area contributed by atoms with Gasteiger partial charge in [0.15, 0.2) is 5.78 Å². The lowest BCUT2D eigenvalue weighted by molar-refractivity contribution is -0.138. The minimum Gasteiger partial charge on any atom is -0.344 e. The van der Waals surface area contributed by atoms with Crippen LogP contribution in [0.5, 0.6) is 0 Å². The number of likely N-dealkylation sites (N-methyl/N-ethyl adjacent to an activating group) is 1. The molecule has 0 radical (unpaired) electrons. The van der Waals surface area contributed by atoms with Gasteiger partial charge in [0.05, 0.1) is 21.5 Å². The number of rotatable bonds is 11. The Morgan fingerprint density at radius 1 is 1.09 bits per heavy atom. The highest BCUT2D eigenvalue weighted by molar-refractivity contribution is 7.17. The van der Waals surface area contributed by atoms with Crippen LogP contribution >= 0.6 is 11.3 Å². The number of carbonyl (C=O) groups excluding carboxylic acids is 4. The number of carbonyl (C=O) groups is 4. The molecule has 0 bridgehead atoms. The highest BCUT2D eigenvalue weighted by Gasteiger charge is 2.35. The van der Waals surface area contributed by atoms with Crippen molar-refractivity contribution in [1.82, 2.24) is 25.1 Å². The van der Waals surface area contributed by atoms with Gasteiger partial charge in [0.25, 0.3) is 0 Å². The minimum atomic E-state index is -0.851. The molecule has 246 valence electrons. The molecule has 1 aliphatic carbocycles. The number of piperazine rings is 1. The second-order valence-electron chi connectivity index (χ2n) is 12.6. The van der Waals surface area contributed by atoms with Crippen molar-refractivity contribution in [3.8, 4) is 0 Å². The van der Waals surface area contributed by atoms with Gasteiger partial charge in [0.2, 0.25) is 17.7 Å². The molecule has 10 nitrogen and oxygen atoms in total. The first-order chi connectivity index (χ1) is 22.2. The van der Waals surface area contributed by atoms with Gasteiger partial charge in [-0.1, -0.05) is 39.2 Å². The van der Waals surface area contributed by atoms with Crippen molar-refractivity contribution in [3.05, 3.63) is 53.0 Å². The second kappa shape index (κ2) is 15.2. The molecule has 3 atom stereocenters. The summed E-state index contributed by atoms with van der Waals surface area (Å²) in [4.78, 5) is 65.4. The van der Waals surface area contributed by atoms with Gasteiger partial charge in [-0.15, -0.1) is 11.3 Å². The van der Waals surface area contributed by atoms with Crippen LogP contribution in [0.1, 0.15) is 80.6 Å². The number of thiophene rings is 1. The maximum atomic E-state index is 15.6. The molecule has 3 aromatic rings. The zero-order valence-corrected chi connectivity index (χ0v) is 27.6. The third kappa shape index (κ3) is 7.78. The Morgan fingerprint density at radius 3 is 2.52 bits per heavy atom. The van der Waals surface area contributed by atoms with Crippen molar-refractivity contribution in [1.29, 1.82) is 0 Å². The van der Waals surface area contributed by atoms with Gasteiger partial charge in [0.1, 0.15) is 18.2 Å². The molecule has 2 fully saturated rings. The van der Waals surface area contributed by atoms with E-state index in [4.69, 9.17) is 0 Å². The maximum Gasteiger partial charge on any atom is 0.245 e. The summed E-state index contributed by atoms with van der Waals surface area (Å²) in [7, 11) is 2.00. The molecule has 3 heterocycles. The Hall–Kier alpha value is -3.77. The van der Waals surface area contributed by atoms with Crippen molar-refractivity contribution in [2.45, 2.75) is 70.8 Å². The zero-order valence-electron chi connectivity index (χ0n) is 26.8. The van der Waals surface area contributed by atoms with E-state index in [1.165, 1.54) is 29.8 Å². The van der Waals surface area contributed by atoms with E-state index in [2.05, 4.69) is 25.5 Å². The number of Topliss-reactive ketones (excluding diaryl/α,β-unsaturated/α-hetero) is 1. The van der Waals surface area contributed by atoms with Crippen LogP contribution in [0.4, 0.5) is 10.1 Å². The predicted molar refractivity (Wildman–Crippen MR) is 176 cm³/mol. The molecule has 46 heavy (non-hydrogen) atoms. The number of amides is 3. The molecular formula is C34H43FN6O4S. The first-order valence-electron chi connectivity index (χ1n) is 16.2. The Balaban J connectivity index is 1.33. The number of ketones is 1. The van der Waals surface area contributed by atoms with Gasteiger partial charge < -0.3 is 20.4 Å². The number of fused-ring (bicyclic) bond motifs is 1. The summed E-state index contributed by atoms with van der Waals surface area (Å²) in [6, 6.07) is 3.65. The van der Waals surface area contributed by atoms with Crippen LogP contribution in [0.15, 0.2) is 36.1 Å². The molecule has 2 N–H and O–H groups in total. The summed E-state index contributed by atoms with van der Waals surface area (Å²) in [6.07, 6.45) is 8.05. The smallest absolute Gasteiger partial charge is 0.245 e. The number of hydrogen-bond donors (Lipinski definition) is 2. The molecular weight excluding hydrogens is 607 g/mol. The number of aromatic nitrogens is 2. The van der Waals surface area contributed by atoms with Gasteiger partial charge >= 0.3 is 0 Å².